The van der Waals surface area contributed by atoms with E-state index in [1.165, 1.54) is 0 Å². The molecule has 10 aliphatic heterocycles. The van der Waals surface area contributed by atoms with Crippen LogP contribution in [-0.4, -0.2) is 215 Å². The van der Waals surface area contributed by atoms with Crippen molar-refractivity contribution in [3.8, 4) is 0 Å². The summed E-state index contributed by atoms with van der Waals surface area (Å²) >= 11 is 4.56. The highest BCUT2D eigenvalue weighted by Gasteiger charge is 2.59. The van der Waals surface area contributed by atoms with Gasteiger partial charge in [0, 0.05) is 71.0 Å². The van der Waals surface area contributed by atoms with Crippen LogP contribution in [0.25, 0.3) is 0 Å². The predicted octanol–water partition coefficient (Wildman–Crippen LogP) is 23.1. The van der Waals surface area contributed by atoms with E-state index in [9.17, 15) is 14.4 Å². The molecule has 1 aromatic carbocycles. The first-order valence-electron chi connectivity index (χ1n) is 50.3. The molecule has 742 valence electrons. The molecular formula is C106H170I2O20SSi2. The lowest BCUT2D eigenvalue weighted by Crippen LogP contribution is -2.58. The average molecular weight is 2110 g/mol. The Morgan fingerprint density at radius 1 is 0.511 bits per heavy atom. The summed E-state index contributed by atoms with van der Waals surface area (Å²) in [5.41, 5.74) is 4.22. The Morgan fingerprint density at radius 3 is 1.35 bits per heavy atom. The van der Waals surface area contributed by atoms with Crippen LogP contribution in [0.3, 0.4) is 0 Å². The molecule has 11 unspecified atom stereocenters. The summed E-state index contributed by atoms with van der Waals surface area (Å²) in [7, 11) is -5.08. The molecule has 1 aromatic rings. The van der Waals surface area contributed by atoms with Crippen molar-refractivity contribution in [2.75, 3.05) is 14.2 Å². The van der Waals surface area contributed by atoms with Gasteiger partial charge in [0.2, 0.25) is 0 Å². The molecule has 10 fully saturated rings. The van der Waals surface area contributed by atoms with Gasteiger partial charge in [-0.05, 0) is 241 Å². The van der Waals surface area contributed by atoms with E-state index >= 15 is 13.2 Å². The molecule has 11 rings (SSSR count). The number of carbonyl (C=O) groups is 4. The number of ketones is 2. The van der Waals surface area contributed by atoms with Gasteiger partial charge < -0.3 is 75.3 Å². The average Bonchev–Trinajstić information content (AvgIpc) is 1.61. The van der Waals surface area contributed by atoms with E-state index in [1.807, 2.05) is 4.08 Å². The molecule has 131 heavy (non-hydrogen) atoms. The second kappa shape index (κ2) is 49.4. The Kier molecular flexibility index (Phi) is 41.7. The Morgan fingerprint density at radius 2 is 0.931 bits per heavy atom. The van der Waals surface area contributed by atoms with Crippen LogP contribution in [0.2, 0.25) is 36.3 Å². The smallest absolute Gasteiger partial charge is 0.193 e. The number of aldehydes is 2. The molecule has 0 bridgehead atoms. The number of methoxy groups -OCH3 is 2. The van der Waals surface area contributed by atoms with Gasteiger partial charge in [0.1, 0.15) is 23.6 Å². The van der Waals surface area contributed by atoms with Gasteiger partial charge in [0.25, 0.3) is 0 Å². The number of fused-ring (bicyclic) bond motifs is 2. The highest BCUT2D eigenvalue weighted by atomic mass is 127. The van der Waals surface area contributed by atoms with Crippen molar-refractivity contribution < 1.29 is 93.3 Å². The first-order chi connectivity index (χ1) is 61.8. The van der Waals surface area contributed by atoms with E-state index in [1.54, 1.807) is 44.6 Å². The van der Waals surface area contributed by atoms with Crippen molar-refractivity contribution in [3.63, 3.8) is 0 Å². The van der Waals surface area contributed by atoms with E-state index in [0.29, 0.717) is 76.0 Å². The fraction of sp³-hybridized carbons (Fsp3) is 0.792. The van der Waals surface area contributed by atoms with Crippen LogP contribution in [0.4, 0.5) is 0 Å². The number of rotatable bonds is 42. The molecule has 35 atom stereocenters. The second-order valence-corrected chi connectivity index (χ2v) is 57.4. The maximum Gasteiger partial charge on any atom is 0.193 e. The van der Waals surface area contributed by atoms with Gasteiger partial charge in [0.05, 0.1) is 151 Å². The van der Waals surface area contributed by atoms with Crippen LogP contribution in [0.1, 0.15) is 271 Å². The highest BCUT2D eigenvalue weighted by molar-refractivity contribution is 14.1. The van der Waals surface area contributed by atoms with E-state index < -0.39 is 68.2 Å². The number of carbonyl (C=O) groups excluding carboxylic acids is 4. The Bertz CT molecular complexity index is 4050. The molecular weight excluding hydrogens is 1940 g/mol. The summed E-state index contributed by atoms with van der Waals surface area (Å²) in [5.74, 6) is 0.758. The fourth-order valence-electron chi connectivity index (χ4n) is 22.1. The normalized spacial score (nSPS) is 37.0. The Labute approximate surface area is 819 Å². The van der Waals surface area contributed by atoms with Gasteiger partial charge in [-0.25, -0.2) is 8.42 Å². The third kappa shape index (κ3) is 28.1. The van der Waals surface area contributed by atoms with Crippen molar-refractivity contribution in [2.24, 2.45) is 59.2 Å². The molecule has 10 saturated heterocycles. The summed E-state index contributed by atoms with van der Waals surface area (Å²) in [4.78, 5) is 51.7. The maximum atomic E-state index is 15.4. The quantitative estimate of drug-likeness (QED) is 0.0256. The lowest BCUT2D eigenvalue weighted by molar-refractivity contribution is -0.237. The predicted molar refractivity (Wildman–Crippen MR) is 542 cm³/mol. The lowest BCUT2D eigenvalue weighted by Gasteiger charge is -2.51. The molecule has 0 spiro atoms. The Hall–Kier alpha value is -2.38. The molecule has 0 saturated carbocycles. The zero-order chi connectivity index (χ0) is 96.1. The SMILES string of the molecule is C=C1C(C[C@@H]2O[C@H](C[C@H](C)CC)[C@H](OC)[C@H]2C(C(=O)CC2CCC3O[C@@H]([C@H](/C=C/I)O[Si](C)(C)C(C)(C)C)[C@@H](C)[C@@H](C)C3O2)S(=O)(=O)c2ccccc2)OC(CC[C@@H]2O[C@@H](CCC=O)CC2=C)C[C@H]1C.C=C1C(C[C@@H]2O[C@H](C[C@H](C)CC)[C@H](OC)[C@H]2CC(=O)CC2CCC3O[C@@H]([C@H](/C=C/I)O[Si](C)(C)C(C)(C)C)[C@@H](C)[C@@H](C)C3O2)OC(CC[C@@H]2O[C@@H](CCC=O)CC2=C)C[C@H]1C. The number of Topliss-reactive ketones (excluding diaryl/α,β-unsaturated/α-hetero) is 2. The zero-order valence-electron chi connectivity index (χ0n) is 83.9. The zero-order valence-corrected chi connectivity index (χ0v) is 91.0. The summed E-state index contributed by atoms with van der Waals surface area (Å²) in [6, 6.07) is 8.36. The largest absolute Gasteiger partial charge is 0.408 e. The molecule has 10 heterocycles. The number of hydrogen-bond donors (Lipinski definition) is 0. The van der Waals surface area contributed by atoms with E-state index in [0.717, 1.165) is 125 Å². The van der Waals surface area contributed by atoms with Crippen molar-refractivity contribution in [1.82, 2.24) is 0 Å². The van der Waals surface area contributed by atoms with Gasteiger partial charge in [-0.3, -0.25) is 9.59 Å². The van der Waals surface area contributed by atoms with Crippen molar-refractivity contribution in [3.05, 3.63) is 99.3 Å². The first kappa shape index (κ1) is 111. The van der Waals surface area contributed by atoms with Crippen molar-refractivity contribution >= 4 is 95.8 Å². The third-order valence-corrected chi connectivity index (χ3v) is 45.0. The lowest BCUT2D eigenvalue weighted by atomic mass is 9.77. The van der Waals surface area contributed by atoms with E-state index in [-0.39, 0.29) is 190 Å². The van der Waals surface area contributed by atoms with E-state index in [4.69, 9.17) is 65.7 Å². The summed E-state index contributed by atoms with van der Waals surface area (Å²) < 4.78 is 129. The fourth-order valence-corrected chi connectivity index (χ4v) is 27.4. The van der Waals surface area contributed by atoms with Gasteiger partial charge >= 0.3 is 0 Å². The molecule has 0 amide bonds. The van der Waals surface area contributed by atoms with Gasteiger partial charge in [-0.2, -0.15) is 0 Å². The molecule has 25 heteroatoms. The number of ether oxygens (including phenoxy) is 12. The van der Waals surface area contributed by atoms with Crippen LogP contribution in [-0.2, 0) is 94.7 Å². The topological polar surface area (TPSA) is 232 Å². The molecule has 20 nitrogen and oxygen atoms in total. The summed E-state index contributed by atoms with van der Waals surface area (Å²) in [5, 5.41) is -1.34. The minimum absolute atomic E-state index is 0.00644. The molecule has 10 aliphatic rings. The first-order valence-corrected chi connectivity index (χ1v) is 60.1. The summed E-state index contributed by atoms with van der Waals surface area (Å²) in [6.07, 6.45) is 18.7. The minimum atomic E-state index is -4.28. The number of halogens is 2. The summed E-state index contributed by atoms with van der Waals surface area (Å²) in [6.45, 7) is 62.6. The maximum absolute atomic E-state index is 15.4. The highest BCUT2D eigenvalue weighted by Crippen LogP contribution is 2.51. The van der Waals surface area contributed by atoms with Crippen LogP contribution in [0, 0.1) is 59.2 Å². The number of benzene rings is 1. The standard InChI is InChI=1S/C56H87IO11SSi.C50H83IO9Si/c1-14-34(2)29-50-54(62-11)51(49(66-50)33-48-37(5)35(3)30-41(64-48)22-24-45-36(4)31-40(63-45)19-18-28-58)55(69(60,61)43-20-16-15-17-21-43)44(59)32-42-23-25-46-52(65-42)38(6)39(7)53(67-46)47(26-27-57)68-70(12,13)56(8,9)10;1-14-30(2)24-46-49(54-11)40(45(58-46)29-44-33(5)31(3)25-38(56-44)17-19-41-32(4)26-37(55-41)16-15-23-52)28-36(53)27-39-18-20-42-47(57-39)34(6)35(7)48(59-42)43(21-22-51)60-61(12,13)50(8,9)10/h15-17,20-21,26-28,34-35,38-42,45-55H,4-5,14,18-19,22-25,29-33H2,1-3,6-13H3;21-23,30-31,34-35,37-49H,4-5,14-20,24-29H2,1-3,6-13H3/b27-26+;22-21+/t34-,35-,38-,39+,40+,41?,42?,45+,46?,47+,48?,49+,50-,51+,52?,53-,54+,55?;30-,31-,34-,35+,37+,38?,39?,40+,41+,42?,43+,44?,45+,46-,47?,48-,49-/m11/s1. The Balaban J connectivity index is 0.000000275. The number of sulfone groups is 1. The van der Waals surface area contributed by atoms with Crippen LogP contribution >= 0.6 is 45.2 Å². The number of hydrogen-bond acceptors (Lipinski definition) is 20. The monoisotopic (exact) mass is 2100 g/mol. The van der Waals surface area contributed by atoms with Crippen LogP contribution in [0.5, 0.6) is 0 Å². The van der Waals surface area contributed by atoms with Gasteiger partial charge in [-0.15, -0.1) is 0 Å². The molecule has 0 aromatic heterocycles. The van der Waals surface area contributed by atoms with Crippen LogP contribution in [0.15, 0.2) is 104 Å². The molecule has 0 N–H and O–H groups in total. The minimum Gasteiger partial charge on any atom is -0.408 e. The third-order valence-electron chi connectivity index (χ3n) is 33.0. The van der Waals surface area contributed by atoms with Crippen molar-refractivity contribution in [2.45, 2.75) is 464 Å². The van der Waals surface area contributed by atoms with Gasteiger partial charge in [0.15, 0.2) is 32.3 Å². The molecule has 0 aliphatic carbocycles. The van der Waals surface area contributed by atoms with Crippen molar-refractivity contribution in [1.29, 1.82) is 0 Å². The van der Waals surface area contributed by atoms with Gasteiger partial charge in [-0.1, -0.05) is 213 Å². The van der Waals surface area contributed by atoms with Crippen LogP contribution < -0.4 is 0 Å². The van der Waals surface area contributed by atoms with E-state index in [2.05, 4.69) is 225 Å². The molecule has 0 radical (unpaired) electrons. The second-order valence-electron chi connectivity index (χ2n) is 44.3.